The molecule has 0 radical (unpaired) electrons. The van der Waals surface area contributed by atoms with Gasteiger partial charge in [-0.1, -0.05) is 11.6 Å². The first kappa shape index (κ1) is 14.9. The molecule has 1 N–H and O–H groups in total. The Bertz CT molecular complexity index is 557. The zero-order valence-electron chi connectivity index (χ0n) is 10.1. The first-order valence-electron chi connectivity index (χ1n) is 5.56. The van der Waals surface area contributed by atoms with Gasteiger partial charge in [-0.3, -0.25) is 0 Å². The molecular weight excluding hydrogens is 313 g/mol. The highest BCUT2D eigenvalue weighted by Gasteiger charge is 2.28. The van der Waals surface area contributed by atoms with Gasteiger partial charge in [-0.25, -0.2) is 4.98 Å². The molecule has 0 unspecified atom stereocenters. The molecule has 0 aliphatic heterocycles. The standard InChI is InChI=1S/C12H10ClF3N2OS/c13-10-3-2-9(20-10)6-17-8-1-4-11(18-5-8)19-7-12(14,15)16/h1-5,17H,6-7H2. The Morgan fingerprint density at radius 2 is 2.05 bits per heavy atom. The molecule has 0 aromatic carbocycles. The molecule has 0 atom stereocenters. The second kappa shape index (κ2) is 6.32. The van der Waals surface area contributed by atoms with Crippen molar-refractivity contribution in [2.24, 2.45) is 0 Å². The summed E-state index contributed by atoms with van der Waals surface area (Å²) >= 11 is 7.26. The van der Waals surface area contributed by atoms with Crippen molar-refractivity contribution < 1.29 is 17.9 Å². The quantitative estimate of drug-likeness (QED) is 0.888. The number of ether oxygens (including phenoxy) is 1. The molecule has 8 heteroatoms. The van der Waals surface area contributed by atoms with Crippen LogP contribution in [0, 0.1) is 0 Å². The SMILES string of the molecule is FC(F)(F)COc1ccc(NCc2ccc(Cl)s2)cn1. The highest BCUT2D eigenvalue weighted by Crippen LogP contribution is 2.23. The van der Waals surface area contributed by atoms with E-state index in [2.05, 4.69) is 15.0 Å². The maximum absolute atomic E-state index is 12.0. The normalized spacial score (nSPS) is 11.4. The number of alkyl halides is 3. The Morgan fingerprint density at radius 1 is 1.25 bits per heavy atom. The van der Waals surface area contributed by atoms with Crippen molar-refractivity contribution in [3.05, 3.63) is 39.7 Å². The summed E-state index contributed by atoms with van der Waals surface area (Å²) in [6.45, 7) is -0.776. The molecule has 0 bridgehead atoms. The first-order chi connectivity index (χ1) is 9.42. The summed E-state index contributed by atoms with van der Waals surface area (Å²) < 4.78 is 41.1. The smallest absolute Gasteiger partial charge is 0.422 e. The largest absolute Gasteiger partial charge is 0.468 e. The lowest BCUT2D eigenvalue weighted by molar-refractivity contribution is -0.154. The average molecular weight is 323 g/mol. The minimum absolute atomic E-state index is 0.0629. The molecule has 2 heterocycles. The monoisotopic (exact) mass is 322 g/mol. The third-order valence-electron chi connectivity index (χ3n) is 2.22. The molecule has 0 spiro atoms. The van der Waals surface area contributed by atoms with Crippen LogP contribution in [0.5, 0.6) is 5.88 Å². The van der Waals surface area contributed by atoms with E-state index in [0.29, 0.717) is 16.6 Å². The fourth-order valence-corrected chi connectivity index (χ4v) is 2.39. The van der Waals surface area contributed by atoms with Crippen LogP contribution in [0.1, 0.15) is 4.88 Å². The van der Waals surface area contributed by atoms with Crippen molar-refractivity contribution in [3.8, 4) is 5.88 Å². The van der Waals surface area contributed by atoms with Crippen molar-refractivity contribution in [1.82, 2.24) is 4.98 Å². The third-order valence-corrected chi connectivity index (χ3v) is 3.45. The maximum Gasteiger partial charge on any atom is 0.422 e. The summed E-state index contributed by atoms with van der Waals surface area (Å²) in [7, 11) is 0. The van der Waals surface area contributed by atoms with Crippen molar-refractivity contribution >= 4 is 28.6 Å². The minimum atomic E-state index is -4.36. The lowest BCUT2D eigenvalue weighted by Crippen LogP contribution is -2.19. The number of aromatic nitrogens is 1. The summed E-state index contributed by atoms with van der Waals surface area (Å²) in [6.07, 6.45) is -2.95. The highest BCUT2D eigenvalue weighted by molar-refractivity contribution is 7.16. The predicted molar refractivity (Wildman–Crippen MR) is 72.4 cm³/mol. The summed E-state index contributed by atoms with van der Waals surface area (Å²) in [6, 6.07) is 6.69. The number of thiophene rings is 1. The van der Waals surface area contributed by atoms with Gasteiger partial charge in [-0.05, 0) is 18.2 Å². The Balaban J connectivity index is 1.85. The maximum atomic E-state index is 12.0. The van der Waals surface area contributed by atoms with Crippen LogP contribution in [0.15, 0.2) is 30.5 Å². The van der Waals surface area contributed by atoms with E-state index in [9.17, 15) is 13.2 Å². The molecule has 2 aromatic heterocycles. The molecule has 0 saturated carbocycles. The van der Waals surface area contributed by atoms with Crippen LogP contribution in [-0.4, -0.2) is 17.8 Å². The molecule has 0 aliphatic carbocycles. The number of rotatable bonds is 5. The summed E-state index contributed by atoms with van der Waals surface area (Å²) in [4.78, 5) is 4.84. The molecule has 0 amide bonds. The van der Waals surface area contributed by atoms with E-state index in [1.165, 1.54) is 23.6 Å². The lowest BCUT2D eigenvalue weighted by Gasteiger charge is -2.09. The number of hydrogen-bond donors (Lipinski definition) is 1. The zero-order valence-corrected chi connectivity index (χ0v) is 11.6. The Morgan fingerprint density at radius 3 is 2.60 bits per heavy atom. The Kier molecular flexibility index (Phi) is 4.72. The number of nitrogens with zero attached hydrogens (tertiary/aromatic N) is 1. The van der Waals surface area contributed by atoms with E-state index in [1.807, 2.05) is 6.07 Å². The number of anilines is 1. The lowest BCUT2D eigenvalue weighted by atomic mass is 10.4. The van der Waals surface area contributed by atoms with E-state index in [1.54, 1.807) is 12.1 Å². The average Bonchev–Trinajstić information content (AvgIpc) is 2.80. The van der Waals surface area contributed by atoms with Gasteiger partial charge in [-0.15, -0.1) is 11.3 Å². The second-order valence-corrected chi connectivity index (χ2v) is 5.65. The number of nitrogens with one attached hydrogen (secondary N) is 1. The van der Waals surface area contributed by atoms with Crippen molar-refractivity contribution in [3.63, 3.8) is 0 Å². The van der Waals surface area contributed by atoms with Gasteiger partial charge in [0.15, 0.2) is 6.61 Å². The van der Waals surface area contributed by atoms with Crippen LogP contribution in [0.3, 0.4) is 0 Å². The van der Waals surface area contributed by atoms with Crippen LogP contribution in [-0.2, 0) is 6.54 Å². The fourth-order valence-electron chi connectivity index (χ4n) is 1.36. The van der Waals surface area contributed by atoms with Crippen molar-refractivity contribution in [1.29, 1.82) is 0 Å². The van der Waals surface area contributed by atoms with Crippen LogP contribution < -0.4 is 10.1 Å². The van der Waals surface area contributed by atoms with Crippen LogP contribution in [0.2, 0.25) is 4.34 Å². The molecule has 3 nitrogen and oxygen atoms in total. The fraction of sp³-hybridized carbons (Fsp3) is 0.250. The van der Waals surface area contributed by atoms with E-state index >= 15 is 0 Å². The van der Waals surface area contributed by atoms with Gasteiger partial charge in [0.05, 0.1) is 16.2 Å². The molecule has 2 aromatic rings. The van der Waals surface area contributed by atoms with Crippen molar-refractivity contribution in [2.45, 2.75) is 12.7 Å². The van der Waals surface area contributed by atoms with Gasteiger partial charge in [0.2, 0.25) is 5.88 Å². The predicted octanol–water partition coefficient (Wildman–Crippen LogP) is 4.35. The van der Waals surface area contributed by atoms with Crippen molar-refractivity contribution in [2.75, 3.05) is 11.9 Å². The van der Waals surface area contributed by atoms with Gasteiger partial charge < -0.3 is 10.1 Å². The molecule has 2 rings (SSSR count). The van der Waals surface area contributed by atoms with Gasteiger partial charge in [0, 0.05) is 17.5 Å². The number of halogens is 4. The summed E-state index contributed by atoms with van der Waals surface area (Å²) in [5, 5.41) is 3.09. The molecule has 0 aliphatic rings. The van der Waals surface area contributed by atoms with E-state index < -0.39 is 12.8 Å². The molecule has 0 saturated heterocycles. The minimum Gasteiger partial charge on any atom is -0.468 e. The van der Waals surface area contributed by atoms with Crippen LogP contribution in [0.4, 0.5) is 18.9 Å². The van der Waals surface area contributed by atoms with Gasteiger partial charge in [0.25, 0.3) is 0 Å². The topological polar surface area (TPSA) is 34.1 Å². The van der Waals surface area contributed by atoms with E-state index in [-0.39, 0.29) is 5.88 Å². The van der Waals surface area contributed by atoms with Gasteiger partial charge >= 0.3 is 6.18 Å². The third kappa shape index (κ3) is 4.90. The molecule has 20 heavy (non-hydrogen) atoms. The number of hydrogen-bond acceptors (Lipinski definition) is 4. The first-order valence-corrected chi connectivity index (χ1v) is 6.75. The second-order valence-electron chi connectivity index (χ2n) is 3.85. The Hall–Kier alpha value is -1.47. The highest BCUT2D eigenvalue weighted by atomic mass is 35.5. The van der Waals surface area contributed by atoms with E-state index in [0.717, 1.165) is 4.88 Å². The van der Waals surface area contributed by atoms with Crippen LogP contribution in [0.25, 0.3) is 0 Å². The molecule has 0 fully saturated rings. The molecule has 108 valence electrons. The summed E-state index contributed by atoms with van der Waals surface area (Å²) in [5.74, 6) is -0.0629. The van der Waals surface area contributed by atoms with Gasteiger partial charge in [0.1, 0.15) is 0 Å². The zero-order chi connectivity index (χ0) is 14.6. The molecular formula is C12H10ClF3N2OS. The Labute approximate surface area is 122 Å². The van der Waals surface area contributed by atoms with Gasteiger partial charge in [-0.2, -0.15) is 13.2 Å². The number of pyridine rings is 1. The van der Waals surface area contributed by atoms with E-state index in [4.69, 9.17) is 11.6 Å². The van der Waals surface area contributed by atoms with Crippen LogP contribution >= 0.6 is 22.9 Å². The summed E-state index contributed by atoms with van der Waals surface area (Å²) in [5.41, 5.74) is 0.689.